The number of hydrogen-bond acceptors (Lipinski definition) is 8. The fourth-order valence-electron chi connectivity index (χ4n) is 4.19. The van der Waals surface area contributed by atoms with Crippen LogP contribution < -0.4 is 10.8 Å². The molecule has 1 aliphatic carbocycles. The molecule has 0 radical (unpaired) electrons. The summed E-state index contributed by atoms with van der Waals surface area (Å²) in [6.45, 7) is 11.2. The van der Waals surface area contributed by atoms with Gasteiger partial charge in [0.05, 0.1) is 30.9 Å². The third-order valence-corrected chi connectivity index (χ3v) is 5.81. The molecular formula is C26H28O8. The molecule has 34 heavy (non-hydrogen) atoms. The summed E-state index contributed by atoms with van der Waals surface area (Å²) in [5.41, 5.74) is 0.468. The highest BCUT2D eigenvalue weighted by atomic mass is 17.0. The molecule has 1 atom stereocenters. The maximum absolute atomic E-state index is 13.7. The Balaban J connectivity index is 2.32. The number of methoxy groups -OCH3 is 2. The molecule has 0 amide bonds. The van der Waals surface area contributed by atoms with Crippen molar-refractivity contribution in [3.05, 3.63) is 51.3 Å². The number of fused-ring (bicyclic) bond motifs is 1. The molecule has 1 aromatic heterocycles. The van der Waals surface area contributed by atoms with E-state index >= 15 is 0 Å². The molecule has 0 aliphatic heterocycles. The molecule has 8 heteroatoms. The van der Waals surface area contributed by atoms with Crippen molar-refractivity contribution in [3.63, 3.8) is 0 Å². The minimum absolute atomic E-state index is 0.0720. The minimum Gasteiger partial charge on any atom is -0.468 e. The van der Waals surface area contributed by atoms with Crippen molar-refractivity contribution >= 4 is 34.8 Å². The Hall–Kier alpha value is -3.64. The highest BCUT2D eigenvalue weighted by molar-refractivity contribution is 6.31. The van der Waals surface area contributed by atoms with Gasteiger partial charge in [-0.15, -0.1) is 0 Å². The van der Waals surface area contributed by atoms with Gasteiger partial charge in [-0.2, -0.15) is 0 Å². The Labute approximate surface area is 196 Å². The quantitative estimate of drug-likeness (QED) is 0.291. The Morgan fingerprint density at radius 3 is 1.97 bits per heavy atom. The van der Waals surface area contributed by atoms with Gasteiger partial charge in [0.2, 0.25) is 10.8 Å². The summed E-state index contributed by atoms with van der Waals surface area (Å²) >= 11 is 0. The van der Waals surface area contributed by atoms with Crippen LogP contribution in [0.2, 0.25) is 0 Å². The lowest BCUT2D eigenvalue weighted by Crippen LogP contribution is -2.47. The Kier molecular flexibility index (Phi) is 6.33. The second-order valence-electron chi connectivity index (χ2n) is 10.2. The molecule has 1 aliphatic rings. The van der Waals surface area contributed by atoms with Crippen LogP contribution in [-0.4, -0.2) is 37.9 Å². The molecule has 180 valence electrons. The standard InChI is InChI=1S/C26H28O8/c1-25(2,3)16-11-13(9-10-14(16)23(29)31-7)20(28)18-15(12-27)17(24(30)32-8)19(26(4,5)6)22-21(18)33-34-22/h9-11,17H,1-8H3. The first-order chi connectivity index (χ1) is 15.8. The fourth-order valence-corrected chi connectivity index (χ4v) is 4.19. The molecule has 0 N–H and O–H groups in total. The van der Waals surface area contributed by atoms with Gasteiger partial charge in [-0.25, -0.2) is 9.59 Å². The molecule has 8 nitrogen and oxygen atoms in total. The molecule has 1 aromatic carbocycles. The SMILES string of the molecule is COC(=O)c1ccc(C(=O)C2=c3ooc3=C(C(C)(C)C)C(C(=O)OC)C2=C=O)cc1C(C)(C)C. The van der Waals surface area contributed by atoms with Crippen LogP contribution in [0.15, 0.2) is 32.9 Å². The molecular weight excluding hydrogens is 440 g/mol. The van der Waals surface area contributed by atoms with Gasteiger partial charge in [0.15, 0.2) is 5.78 Å². The molecule has 0 saturated heterocycles. The van der Waals surface area contributed by atoms with E-state index in [-0.39, 0.29) is 27.5 Å². The van der Waals surface area contributed by atoms with Crippen LogP contribution >= 0.6 is 0 Å². The van der Waals surface area contributed by atoms with Crippen molar-refractivity contribution in [2.75, 3.05) is 14.2 Å². The van der Waals surface area contributed by atoms with E-state index in [9.17, 15) is 19.2 Å². The second-order valence-corrected chi connectivity index (χ2v) is 10.2. The molecule has 0 fully saturated rings. The van der Waals surface area contributed by atoms with Gasteiger partial charge in [-0.1, -0.05) is 47.6 Å². The maximum Gasteiger partial charge on any atom is 0.338 e. The number of rotatable bonds is 4. The zero-order valence-corrected chi connectivity index (χ0v) is 20.6. The van der Waals surface area contributed by atoms with Gasteiger partial charge in [0, 0.05) is 11.1 Å². The highest BCUT2D eigenvalue weighted by Gasteiger charge is 2.45. The first-order valence-electron chi connectivity index (χ1n) is 10.7. The van der Waals surface area contributed by atoms with E-state index in [1.165, 1.54) is 26.4 Å². The van der Waals surface area contributed by atoms with Crippen LogP contribution in [0.25, 0.3) is 11.1 Å². The third kappa shape index (κ3) is 4.05. The van der Waals surface area contributed by atoms with Crippen molar-refractivity contribution in [3.8, 4) is 0 Å². The smallest absolute Gasteiger partial charge is 0.338 e. The summed E-state index contributed by atoms with van der Waals surface area (Å²) in [6, 6.07) is 4.56. The van der Waals surface area contributed by atoms with Crippen LogP contribution in [0.3, 0.4) is 0 Å². The van der Waals surface area contributed by atoms with E-state index in [1.807, 2.05) is 41.5 Å². The molecule has 0 spiro atoms. The minimum atomic E-state index is -1.18. The number of ether oxygens (including phenoxy) is 2. The van der Waals surface area contributed by atoms with Gasteiger partial charge in [-0.3, -0.25) is 18.7 Å². The lowest BCUT2D eigenvalue weighted by Gasteiger charge is -2.31. The highest BCUT2D eigenvalue weighted by Crippen LogP contribution is 2.40. The number of benzene rings is 1. The van der Waals surface area contributed by atoms with E-state index < -0.39 is 34.5 Å². The summed E-state index contributed by atoms with van der Waals surface area (Å²) < 4.78 is 20.2. The molecule has 0 bridgehead atoms. The number of hydrogen-bond donors (Lipinski definition) is 0. The summed E-state index contributed by atoms with van der Waals surface area (Å²) in [5, 5.41) is 0. The van der Waals surface area contributed by atoms with Gasteiger partial charge >= 0.3 is 11.9 Å². The summed E-state index contributed by atoms with van der Waals surface area (Å²) in [4.78, 5) is 50.9. The van der Waals surface area contributed by atoms with Gasteiger partial charge < -0.3 is 9.47 Å². The van der Waals surface area contributed by atoms with Crippen molar-refractivity contribution in [2.45, 2.75) is 47.0 Å². The van der Waals surface area contributed by atoms with Crippen LogP contribution in [0.1, 0.15) is 67.8 Å². The molecule has 0 saturated carbocycles. The van der Waals surface area contributed by atoms with Gasteiger partial charge in [-0.05, 0) is 28.5 Å². The number of Topliss-reactive ketones (excluding diaryl/α,β-unsaturated/α-hetero) is 1. The number of carbonyl (C=O) groups is 3. The predicted octanol–water partition coefficient (Wildman–Crippen LogP) is 2.75. The predicted molar refractivity (Wildman–Crippen MR) is 122 cm³/mol. The van der Waals surface area contributed by atoms with E-state index in [0.717, 1.165) is 0 Å². The van der Waals surface area contributed by atoms with E-state index in [0.29, 0.717) is 16.7 Å². The van der Waals surface area contributed by atoms with Crippen LogP contribution in [-0.2, 0) is 24.5 Å². The normalized spacial score (nSPS) is 16.1. The van der Waals surface area contributed by atoms with Crippen LogP contribution in [0, 0.1) is 11.3 Å². The monoisotopic (exact) mass is 468 g/mol. The van der Waals surface area contributed by atoms with Crippen molar-refractivity contribution in [1.29, 1.82) is 0 Å². The van der Waals surface area contributed by atoms with Gasteiger partial charge in [0.25, 0.3) is 0 Å². The van der Waals surface area contributed by atoms with Crippen molar-refractivity contribution in [2.24, 2.45) is 11.3 Å². The van der Waals surface area contributed by atoms with Crippen LogP contribution in [0.4, 0.5) is 0 Å². The number of ketones is 1. The zero-order chi connectivity index (χ0) is 25.6. The summed E-state index contributed by atoms with van der Waals surface area (Å²) in [5.74, 6) is -1.21. The largest absolute Gasteiger partial charge is 0.468 e. The fraction of sp³-hybridized carbons (Fsp3) is 0.423. The zero-order valence-electron chi connectivity index (χ0n) is 20.6. The molecule has 3 rings (SSSR count). The lowest BCUT2D eigenvalue weighted by molar-refractivity contribution is -0.142. The summed E-state index contributed by atoms with van der Waals surface area (Å²) in [7, 11) is 2.49. The lowest BCUT2D eigenvalue weighted by atomic mass is 9.71. The Morgan fingerprint density at radius 1 is 0.912 bits per heavy atom. The molecule has 2 aromatic rings. The summed E-state index contributed by atoms with van der Waals surface area (Å²) in [6.07, 6.45) is 0. The molecule has 1 heterocycles. The topological polar surface area (TPSA) is 113 Å². The van der Waals surface area contributed by atoms with Crippen molar-refractivity contribution in [1.82, 2.24) is 0 Å². The Morgan fingerprint density at radius 2 is 1.53 bits per heavy atom. The van der Waals surface area contributed by atoms with E-state index in [1.54, 1.807) is 12.0 Å². The third-order valence-electron chi connectivity index (χ3n) is 5.81. The van der Waals surface area contributed by atoms with Gasteiger partial charge in [0.1, 0.15) is 11.9 Å². The first kappa shape index (κ1) is 25.0. The first-order valence-corrected chi connectivity index (χ1v) is 10.7. The van der Waals surface area contributed by atoms with Crippen molar-refractivity contribution < 1.29 is 37.8 Å². The number of carbonyl (C=O) groups excluding carboxylic acids is 4. The van der Waals surface area contributed by atoms with E-state index in [4.69, 9.17) is 18.6 Å². The molecule has 1 unspecified atom stereocenters. The second kappa shape index (κ2) is 8.61. The van der Waals surface area contributed by atoms with E-state index in [2.05, 4.69) is 0 Å². The van der Waals surface area contributed by atoms with Crippen LogP contribution in [0.5, 0.6) is 0 Å². The average Bonchev–Trinajstić information content (AvgIpc) is 2.75. The number of esters is 2. The average molecular weight is 469 g/mol. The Bertz CT molecular complexity index is 1340. The maximum atomic E-state index is 13.7.